The van der Waals surface area contributed by atoms with Crippen molar-refractivity contribution in [3.8, 4) is 5.75 Å². The lowest BCUT2D eigenvalue weighted by molar-refractivity contribution is 0.0461. The maximum absolute atomic E-state index is 13.1. The molecule has 0 aromatic heterocycles. The summed E-state index contributed by atoms with van der Waals surface area (Å²) < 4.78 is 21.7. The SMILES string of the molecule is CCC.CCCc1cc(Cl)ccc1C1COc2ccc3cc2N(C1)CC1CCC1C(O)/C=C/CC(C)CS(=O)NC3=O. The van der Waals surface area contributed by atoms with Crippen LogP contribution in [0, 0.1) is 17.8 Å². The number of hydrogen-bond donors (Lipinski definition) is 2. The van der Waals surface area contributed by atoms with Gasteiger partial charge in [0.25, 0.3) is 5.91 Å². The van der Waals surface area contributed by atoms with Crippen LogP contribution in [0.1, 0.15) is 87.2 Å². The van der Waals surface area contributed by atoms with E-state index in [0.29, 0.717) is 30.3 Å². The van der Waals surface area contributed by atoms with Gasteiger partial charge in [0.2, 0.25) is 0 Å². The van der Waals surface area contributed by atoms with Crippen LogP contribution in [0.4, 0.5) is 5.69 Å². The van der Waals surface area contributed by atoms with Crippen LogP contribution in [0.15, 0.2) is 48.6 Å². The second kappa shape index (κ2) is 15.4. The van der Waals surface area contributed by atoms with Gasteiger partial charge < -0.3 is 14.7 Å². The Bertz CT molecular complexity index is 1270. The molecule has 3 aliphatic rings. The van der Waals surface area contributed by atoms with Crippen LogP contribution >= 0.6 is 11.6 Å². The number of nitrogens with zero attached hydrogens (tertiary/aromatic N) is 1. The Morgan fingerprint density at radius 3 is 2.62 bits per heavy atom. The van der Waals surface area contributed by atoms with Crippen LogP contribution in [0.25, 0.3) is 0 Å². The zero-order chi connectivity index (χ0) is 30.2. The van der Waals surface area contributed by atoms with Crippen molar-refractivity contribution < 1.29 is 18.8 Å². The van der Waals surface area contributed by atoms with E-state index < -0.39 is 17.1 Å². The topological polar surface area (TPSA) is 78.9 Å². The summed E-state index contributed by atoms with van der Waals surface area (Å²) in [5.41, 5.74) is 3.84. The van der Waals surface area contributed by atoms with Gasteiger partial charge in [0.05, 0.1) is 18.4 Å². The van der Waals surface area contributed by atoms with Crippen molar-refractivity contribution in [1.82, 2.24) is 4.72 Å². The summed E-state index contributed by atoms with van der Waals surface area (Å²) >= 11 is 6.37. The van der Waals surface area contributed by atoms with E-state index >= 15 is 0 Å². The van der Waals surface area contributed by atoms with Crippen molar-refractivity contribution in [2.24, 2.45) is 17.8 Å². The van der Waals surface area contributed by atoms with Crippen molar-refractivity contribution >= 4 is 34.2 Å². The number of halogens is 1. The summed E-state index contributed by atoms with van der Waals surface area (Å²) in [5.74, 6) is 1.55. The fourth-order valence-corrected chi connectivity index (χ4v) is 7.39. The van der Waals surface area contributed by atoms with Gasteiger partial charge in [-0.3, -0.25) is 9.52 Å². The number of aryl methyl sites for hydroxylation is 1. The molecule has 42 heavy (non-hydrogen) atoms. The van der Waals surface area contributed by atoms with Gasteiger partial charge in [0.1, 0.15) is 16.7 Å². The quantitative estimate of drug-likeness (QED) is 0.362. The summed E-state index contributed by atoms with van der Waals surface area (Å²) in [5, 5.41) is 11.7. The summed E-state index contributed by atoms with van der Waals surface area (Å²) in [6.07, 6.45) is 9.41. The number of aliphatic hydroxyl groups is 1. The van der Waals surface area contributed by atoms with E-state index in [1.54, 1.807) is 6.07 Å². The Hall–Kier alpha value is -2.35. The highest BCUT2D eigenvalue weighted by atomic mass is 35.5. The molecule has 0 radical (unpaired) electrons. The molecule has 1 amide bonds. The van der Waals surface area contributed by atoms with Gasteiger partial charge in [-0.25, -0.2) is 4.21 Å². The molecule has 2 aromatic carbocycles. The number of amides is 1. The number of anilines is 1. The number of rotatable bonds is 3. The molecule has 8 heteroatoms. The average Bonchev–Trinajstić information content (AvgIpc) is 3.10. The van der Waals surface area contributed by atoms with Gasteiger partial charge in [0, 0.05) is 35.3 Å². The lowest BCUT2D eigenvalue weighted by Crippen LogP contribution is -2.44. The highest BCUT2D eigenvalue weighted by molar-refractivity contribution is 7.83. The average molecular weight is 615 g/mol. The van der Waals surface area contributed by atoms with Crippen LogP contribution in [-0.4, -0.2) is 46.8 Å². The predicted octanol–water partition coefficient (Wildman–Crippen LogP) is 7.07. The summed E-state index contributed by atoms with van der Waals surface area (Å²) in [6, 6.07) is 11.6. The van der Waals surface area contributed by atoms with E-state index in [0.717, 1.165) is 55.2 Å². The van der Waals surface area contributed by atoms with Gasteiger partial charge in [0.15, 0.2) is 0 Å². The number of aliphatic hydroxyl groups excluding tert-OH is 1. The van der Waals surface area contributed by atoms with E-state index in [1.165, 1.54) is 17.5 Å². The van der Waals surface area contributed by atoms with Crippen molar-refractivity contribution in [1.29, 1.82) is 0 Å². The Labute approximate surface area is 259 Å². The standard InChI is InChI=1S/C31H39ClN2O4S.C3H8/c1-3-5-21-14-25(32)10-12-26(21)24-17-34-16-23-8-11-27(23)29(35)7-4-6-20(2)19-39(37)33-31(36)22-9-13-30(38-18-24)28(34)15-22;1-3-2/h4,7,9-10,12-15,20,23-24,27,29,35H,3,5-6,8,11,16-19H2,1-2H3,(H,33,36);3H2,1-2H3/b7-4+;. The lowest BCUT2D eigenvalue weighted by atomic mass is 9.70. The predicted molar refractivity (Wildman–Crippen MR) is 174 cm³/mol. The fourth-order valence-electron chi connectivity index (χ4n) is 6.13. The van der Waals surface area contributed by atoms with Crippen LogP contribution in [0.2, 0.25) is 5.02 Å². The number of ether oxygens (including phenoxy) is 1. The highest BCUT2D eigenvalue weighted by Crippen LogP contribution is 2.42. The Morgan fingerprint density at radius 1 is 1.12 bits per heavy atom. The minimum absolute atomic E-state index is 0.122. The Kier molecular flexibility index (Phi) is 11.9. The van der Waals surface area contributed by atoms with Crippen molar-refractivity contribution in [2.45, 2.75) is 78.2 Å². The van der Waals surface area contributed by atoms with Crippen LogP contribution in [0.3, 0.4) is 0 Å². The zero-order valence-electron chi connectivity index (χ0n) is 25.5. The zero-order valence-corrected chi connectivity index (χ0v) is 27.1. The molecule has 1 fully saturated rings. The summed E-state index contributed by atoms with van der Waals surface area (Å²) in [7, 11) is -1.49. The van der Waals surface area contributed by atoms with Gasteiger partial charge in [-0.05, 0) is 84.9 Å². The number of carbonyl (C=O) groups excluding carboxylic acids is 1. The maximum atomic E-state index is 13.1. The summed E-state index contributed by atoms with van der Waals surface area (Å²) in [4.78, 5) is 15.4. The van der Waals surface area contributed by atoms with Crippen molar-refractivity contribution in [3.63, 3.8) is 0 Å². The number of fused-ring (bicyclic) bond motifs is 2. The number of carbonyl (C=O) groups is 1. The molecule has 5 rings (SSSR count). The molecule has 0 saturated heterocycles. The number of nitrogens with one attached hydrogen (secondary N) is 1. The second-order valence-corrected chi connectivity index (χ2v) is 13.8. The van der Waals surface area contributed by atoms with Gasteiger partial charge in [-0.1, -0.05) is 70.4 Å². The number of benzene rings is 2. The molecule has 0 spiro atoms. The molecule has 6 nitrogen and oxygen atoms in total. The molecule has 230 valence electrons. The number of allylic oxidation sites excluding steroid dienone is 1. The van der Waals surface area contributed by atoms with Crippen LogP contribution < -0.4 is 14.4 Å². The number of hydrogen-bond acceptors (Lipinski definition) is 5. The second-order valence-electron chi connectivity index (χ2n) is 12.1. The highest BCUT2D eigenvalue weighted by Gasteiger charge is 2.38. The van der Waals surface area contributed by atoms with E-state index in [2.05, 4.69) is 42.5 Å². The third-order valence-corrected chi connectivity index (χ3v) is 9.91. The first kappa shape index (κ1) is 32.6. The first-order chi connectivity index (χ1) is 20.2. The molecule has 1 aliphatic carbocycles. The van der Waals surface area contributed by atoms with Gasteiger partial charge in [-0.2, -0.15) is 0 Å². The molecular weight excluding hydrogens is 568 g/mol. The first-order valence-corrected chi connectivity index (χ1v) is 17.3. The van der Waals surface area contributed by atoms with Gasteiger partial charge in [-0.15, -0.1) is 0 Å². The van der Waals surface area contributed by atoms with E-state index in [-0.39, 0.29) is 23.7 Å². The molecule has 2 bridgehead atoms. The van der Waals surface area contributed by atoms with Gasteiger partial charge >= 0.3 is 0 Å². The minimum atomic E-state index is -1.49. The Balaban J connectivity index is 0.00000129. The molecule has 1 saturated carbocycles. The maximum Gasteiger partial charge on any atom is 0.263 e. The normalized spacial score (nSPS) is 28.5. The molecule has 6 unspecified atom stereocenters. The molecule has 2 aromatic rings. The fraction of sp³-hybridized carbons (Fsp3) is 0.559. The smallest absolute Gasteiger partial charge is 0.263 e. The largest absolute Gasteiger partial charge is 0.491 e. The summed E-state index contributed by atoms with van der Waals surface area (Å²) in [6.45, 7) is 10.5. The van der Waals surface area contributed by atoms with Crippen LogP contribution in [0.5, 0.6) is 5.75 Å². The first-order valence-electron chi connectivity index (χ1n) is 15.6. The Morgan fingerprint density at radius 2 is 1.90 bits per heavy atom. The monoisotopic (exact) mass is 614 g/mol. The lowest BCUT2D eigenvalue weighted by Gasteiger charge is -2.42. The van der Waals surface area contributed by atoms with Crippen molar-refractivity contribution in [2.75, 3.05) is 30.3 Å². The molecule has 2 N–H and O–H groups in total. The third kappa shape index (κ3) is 8.18. The molecule has 6 atom stereocenters. The van der Waals surface area contributed by atoms with E-state index in [4.69, 9.17) is 16.3 Å². The van der Waals surface area contributed by atoms with Crippen LogP contribution in [-0.2, 0) is 17.4 Å². The minimum Gasteiger partial charge on any atom is -0.491 e. The third-order valence-electron chi connectivity index (χ3n) is 8.39. The van der Waals surface area contributed by atoms with Crippen molar-refractivity contribution in [3.05, 3.63) is 70.3 Å². The molecule has 2 heterocycles. The molecular formula is C34H47ClN2O4S. The van der Waals surface area contributed by atoms with E-state index in [1.807, 2.05) is 37.3 Å². The van der Waals surface area contributed by atoms with E-state index in [9.17, 15) is 14.1 Å². The molecule has 2 aliphatic heterocycles.